The van der Waals surface area contributed by atoms with Gasteiger partial charge in [0, 0.05) is 29.0 Å². The maximum atomic E-state index is 13.1. The Labute approximate surface area is 213 Å². The molecule has 1 aliphatic heterocycles. The van der Waals surface area contributed by atoms with Crippen LogP contribution in [0.25, 0.3) is 11.1 Å². The Hall–Kier alpha value is -2.45. The Morgan fingerprint density at radius 3 is 2.38 bits per heavy atom. The van der Waals surface area contributed by atoms with Gasteiger partial charge in [-0.3, -0.25) is 4.79 Å². The van der Waals surface area contributed by atoms with Crippen molar-refractivity contribution in [3.05, 3.63) is 45.4 Å². The fourth-order valence-corrected chi connectivity index (χ4v) is 4.42. The Morgan fingerprint density at radius 1 is 1.21 bits per heavy atom. The van der Waals surface area contributed by atoms with Crippen molar-refractivity contribution < 1.29 is 23.8 Å². The van der Waals surface area contributed by atoms with Crippen molar-refractivity contribution in [3.63, 3.8) is 0 Å². The third-order valence-electron chi connectivity index (χ3n) is 5.40. The van der Waals surface area contributed by atoms with Crippen molar-refractivity contribution in [2.24, 2.45) is 0 Å². The molecule has 0 spiro atoms. The molecule has 0 radical (unpaired) electrons. The van der Waals surface area contributed by atoms with Gasteiger partial charge in [-0.1, -0.05) is 23.7 Å². The molecule has 1 saturated heterocycles. The molecule has 1 heterocycles. The van der Waals surface area contributed by atoms with Crippen molar-refractivity contribution in [2.45, 2.75) is 51.8 Å². The van der Waals surface area contributed by atoms with Gasteiger partial charge in [0.15, 0.2) is 0 Å². The predicted octanol–water partition coefficient (Wildman–Crippen LogP) is 5.80. The quantitative estimate of drug-likeness (QED) is 0.469. The average molecular weight is 554 g/mol. The number of benzene rings is 2. The van der Waals surface area contributed by atoms with E-state index in [2.05, 4.69) is 21.2 Å². The predicted molar refractivity (Wildman–Crippen MR) is 136 cm³/mol. The summed E-state index contributed by atoms with van der Waals surface area (Å²) >= 11 is 9.99. The second-order valence-corrected chi connectivity index (χ2v) is 10.4. The smallest absolute Gasteiger partial charge is 0.410 e. The number of hydrogen-bond acceptors (Lipinski definition) is 5. The van der Waals surface area contributed by atoms with E-state index < -0.39 is 11.7 Å². The van der Waals surface area contributed by atoms with Crippen LogP contribution in [0.1, 0.15) is 39.2 Å². The van der Waals surface area contributed by atoms with Gasteiger partial charge in [0.1, 0.15) is 17.1 Å². The Morgan fingerprint density at radius 2 is 1.85 bits per heavy atom. The van der Waals surface area contributed by atoms with Crippen molar-refractivity contribution in [2.75, 3.05) is 20.8 Å². The molecule has 1 N–H and O–H groups in total. The fourth-order valence-electron chi connectivity index (χ4n) is 3.82. The summed E-state index contributed by atoms with van der Waals surface area (Å²) in [4.78, 5) is 26.4. The van der Waals surface area contributed by atoms with Crippen molar-refractivity contribution >= 4 is 39.5 Å². The Kier molecular flexibility index (Phi) is 8.36. The lowest BCUT2D eigenvalue weighted by Gasteiger charge is -2.30. The van der Waals surface area contributed by atoms with E-state index in [1.807, 2.05) is 51.1 Å². The highest BCUT2D eigenvalue weighted by Gasteiger charge is 2.30. The minimum atomic E-state index is -0.663. The first kappa shape index (κ1) is 26.2. The van der Waals surface area contributed by atoms with Gasteiger partial charge in [0.2, 0.25) is 5.91 Å². The number of carbonyl (C=O) groups excluding carboxylic acids is 2. The van der Waals surface area contributed by atoms with Crippen LogP contribution in [0.3, 0.4) is 0 Å². The van der Waals surface area contributed by atoms with Crippen LogP contribution in [-0.2, 0) is 16.1 Å². The van der Waals surface area contributed by atoms with Gasteiger partial charge in [-0.25, -0.2) is 4.79 Å². The zero-order valence-electron chi connectivity index (χ0n) is 20.0. The molecule has 184 valence electrons. The molecule has 34 heavy (non-hydrogen) atoms. The number of rotatable bonds is 7. The third-order valence-corrected chi connectivity index (χ3v) is 6.69. The van der Waals surface area contributed by atoms with Gasteiger partial charge in [-0.2, -0.15) is 0 Å². The largest absolute Gasteiger partial charge is 0.496 e. The number of amides is 2. The van der Waals surface area contributed by atoms with Gasteiger partial charge < -0.3 is 24.4 Å². The number of nitrogens with one attached hydrogen (secondary N) is 1. The molecule has 1 aliphatic rings. The summed E-state index contributed by atoms with van der Waals surface area (Å²) in [5, 5.41) is 3.49. The van der Waals surface area contributed by atoms with E-state index in [1.165, 1.54) is 0 Å². The van der Waals surface area contributed by atoms with E-state index in [4.69, 9.17) is 25.8 Å². The molecule has 1 atom stereocenters. The third kappa shape index (κ3) is 6.36. The summed E-state index contributed by atoms with van der Waals surface area (Å²) in [6, 6.07) is 9.29. The molecule has 0 saturated carbocycles. The number of halogens is 2. The van der Waals surface area contributed by atoms with Crippen LogP contribution >= 0.6 is 27.5 Å². The van der Waals surface area contributed by atoms with E-state index in [9.17, 15) is 9.59 Å². The van der Waals surface area contributed by atoms with Gasteiger partial charge in [0.25, 0.3) is 0 Å². The first-order valence-corrected chi connectivity index (χ1v) is 12.2. The molecule has 2 aromatic carbocycles. The highest BCUT2D eigenvalue weighted by Crippen LogP contribution is 2.40. The number of hydrogen-bond donors (Lipinski definition) is 1. The highest BCUT2D eigenvalue weighted by atomic mass is 79.9. The molecule has 0 aliphatic carbocycles. The normalized spacial score (nSPS) is 15.6. The first-order valence-electron chi connectivity index (χ1n) is 11.0. The van der Waals surface area contributed by atoms with Gasteiger partial charge in [0.05, 0.1) is 31.4 Å². The lowest BCUT2D eigenvalue weighted by atomic mass is 10.0. The van der Waals surface area contributed by atoms with Crippen LogP contribution in [0.2, 0.25) is 5.02 Å². The number of methoxy groups -OCH3 is 2. The van der Waals surface area contributed by atoms with Gasteiger partial charge >= 0.3 is 6.09 Å². The molecular weight excluding hydrogens is 524 g/mol. The number of nitrogens with zero attached hydrogens (tertiary/aromatic N) is 1. The summed E-state index contributed by atoms with van der Waals surface area (Å²) in [6.45, 7) is 5.95. The standard InChI is InChI=1S/C25H30BrClN2O5/c1-25(2,3)34-24(31)29(13-16-9-10-22(30)28-16)14-18-20(32-4)11-15(12-21(18)33-5)17-7-6-8-19(26)23(17)27/h6-8,11-12,16H,9-10,13-14H2,1-5H3,(H,28,30)/t16-/m0/s1. The fraction of sp³-hybridized carbons (Fsp3) is 0.440. The van der Waals surface area contributed by atoms with Crippen molar-refractivity contribution in [3.8, 4) is 22.6 Å². The monoisotopic (exact) mass is 552 g/mol. The molecule has 2 amide bonds. The maximum absolute atomic E-state index is 13.1. The van der Waals surface area contributed by atoms with E-state index >= 15 is 0 Å². The summed E-state index contributed by atoms with van der Waals surface area (Å²) in [6.07, 6.45) is 0.630. The molecule has 3 rings (SSSR count). The highest BCUT2D eigenvalue weighted by molar-refractivity contribution is 9.10. The van der Waals surface area contributed by atoms with E-state index in [0.29, 0.717) is 41.5 Å². The van der Waals surface area contributed by atoms with E-state index in [-0.39, 0.29) is 18.5 Å². The van der Waals surface area contributed by atoms with Crippen LogP contribution < -0.4 is 14.8 Å². The lowest BCUT2D eigenvalue weighted by Crippen LogP contribution is -2.43. The SMILES string of the molecule is COc1cc(-c2cccc(Br)c2Cl)cc(OC)c1CN(C[C@@H]1CCC(=O)N1)C(=O)OC(C)(C)C. The van der Waals surface area contributed by atoms with Crippen LogP contribution in [-0.4, -0.2) is 49.3 Å². The molecule has 7 nitrogen and oxygen atoms in total. The second kappa shape index (κ2) is 10.9. The first-order chi connectivity index (χ1) is 16.0. The summed E-state index contributed by atoms with van der Waals surface area (Å²) in [7, 11) is 3.14. The minimum Gasteiger partial charge on any atom is -0.496 e. The van der Waals surface area contributed by atoms with Crippen LogP contribution in [0.4, 0.5) is 4.79 Å². The summed E-state index contributed by atoms with van der Waals surface area (Å²) in [5.74, 6) is 1.09. The van der Waals surface area contributed by atoms with E-state index in [1.54, 1.807) is 19.1 Å². The van der Waals surface area contributed by atoms with Gasteiger partial charge in [-0.05, 0) is 66.9 Å². The summed E-state index contributed by atoms with van der Waals surface area (Å²) in [5.41, 5.74) is 1.66. The van der Waals surface area contributed by atoms with Crippen molar-refractivity contribution in [1.29, 1.82) is 0 Å². The lowest BCUT2D eigenvalue weighted by molar-refractivity contribution is -0.119. The van der Waals surface area contributed by atoms with E-state index in [0.717, 1.165) is 15.6 Å². The molecule has 1 fully saturated rings. The second-order valence-electron chi connectivity index (χ2n) is 9.12. The van der Waals surface area contributed by atoms with Crippen LogP contribution in [0.15, 0.2) is 34.8 Å². The molecule has 2 aromatic rings. The zero-order chi connectivity index (χ0) is 25.0. The van der Waals surface area contributed by atoms with Crippen molar-refractivity contribution in [1.82, 2.24) is 10.2 Å². The minimum absolute atomic E-state index is 0.0143. The van der Waals surface area contributed by atoms with Crippen LogP contribution in [0.5, 0.6) is 11.5 Å². The number of ether oxygens (including phenoxy) is 3. The molecule has 0 aromatic heterocycles. The summed E-state index contributed by atoms with van der Waals surface area (Å²) < 4.78 is 17.8. The topological polar surface area (TPSA) is 77.1 Å². The van der Waals surface area contributed by atoms with Gasteiger partial charge in [-0.15, -0.1) is 0 Å². The maximum Gasteiger partial charge on any atom is 0.410 e. The Bertz CT molecular complexity index is 1040. The molecule has 9 heteroatoms. The molecule has 0 unspecified atom stereocenters. The number of carbonyl (C=O) groups is 2. The van der Waals surface area contributed by atoms with Crippen LogP contribution in [0, 0.1) is 0 Å². The average Bonchev–Trinajstić information content (AvgIpc) is 3.18. The molecular formula is C25H30BrClN2O5. The molecule has 0 bridgehead atoms. The zero-order valence-corrected chi connectivity index (χ0v) is 22.4. The Balaban J connectivity index is 1.99.